The number of hydrogen-bond acceptors (Lipinski definition) is 3. The molecule has 0 saturated heterocycles. The first-order valence-electron chi connectivity index (χ1n) is 10.4. The number of allylic oxidation sites excluding steroid dienone is 2. The summed E-state index contributed by atoms with van der Waals surface area (Å²) in [5, 5.41) is 3.37. The van der Waals surface area contributed by atoms with Crippen molar-refractivity contribution in [3.05, 3.63) is 53.7 Å². The molecule has 3 nitrogen and oxygen atoms in total. The van der Waals surface area contributed by atoms with Gasteiger partial charge >= 0.3 is 6.11 Å². The zero-order valence-corrected chi connectivity index (χ0v) is 18.1. The fourth-order valence-electron chi connectivity index (χ4n) is 3.47. The lowest BCUT2D eigenvalue weighted by Crippen LogP contribution is -2.18. The summed E-state index contributed by atoms with van der Waals surface area (Å²) in [5.41, 5.74) is 4.41. The SMILES string of the molecule is CCC/C=C(\c1c(C)ccnc1Nc1ccc(OC(C)(F)F)cc1)C(CC)CC. The highest BCUT2D eigenvalue weighted by Gasteiger charge is 2.23. The van der Waals surface area contributed by atoms with E-state index in [1.165, 1.54) is 23.3 Å². The molecule has 2 aromatic rings. The Morgan fingerprint density at radius 3 is 2.34 bits per heavy atom. The number of benzene rings is 1. The first kappa shape index (κ1) is 22.9. The van der Waals surface area contributed by atoms with Gasteiger partial charge in [0.05, 0.1) is 0 Å². The topological polar surface area (TPSA) is 34.2 Å². The van der Waals surface area contributed by atoms with Crippen molar-refractivity contribution < 1.29 is 13.5 Å². The minimum atomic E-state index is -3.20. The predicted octanol–water partition coefficient (Wildman–Crippen LogP) is 7.74. The largest absolute Gasteiger partial charge is 0.433 e. The van der Waals surface area contributed by atoms with Gasteiger partial charge in [-0.25, -0.2) is 4.98 Å². The lowest BCUT2D eigenvalue weighted by Gasteiger charge is -2.22. The Morgan fingerprint density at radius 2 is 1.79 bits per heavy atom. The van der Waals surface area contributed by atoms with E-state index < -0.39 is 6.11 Å². The van der Waals surface area contributed by atoms with Gasteiger partial charge in [0.25, 0.3) is 0 Å². The van der Waals surface area contributed by atoms with Crippen LogP contribution in [0.2, 0.25) is 0 Å². The Hall–Kier alpha value is -2.43. The molecule has 0 fully saturated rings. The third kappa shape index (κ3) is 6.55. The highest BCUT2D eigenvalue weighted by molar-refractivity contribution is 5.80. The van der Waals surface area contributed by atoms with Gasteiger partial charge in [-0.3, -0.25) is 0 Å². The summed E-state index contributed by atoms with van der Waals surface area (Å²) < 4.78 is 30.7. The molecule has 2 rings (SSSR count). The molecule has 158 valence electrons. The van der Waals surface area contributed by atoms with Crippen LogP contribution in [0.5, 0.6) is 5.75 Å². The van der Waals surface area contributed by atoms with E-state index in [-0.39, 0.29) is 5.75 Å². The van der Waals surface area contributed by atoms with Crippen LogP contribution in [0, 0.1) is 12.8 Å². The summed E-state index contributed by atoms with van der Waals surface area (Å²) in [5.74, 6) is 1.38. The van der Waals surface area contributed by atoms with Crippen molar-refractivity contribution in [3.8, 4) is 5.75 Å². The maximum Gasteiger partial charge on any atom is 0.394 e. The molecule has 1 aromatic carbocycles. The Kier molecular flexibility index (Phi) is 8.18. The van der Waals surface area contributed by atoms with Gasteiger partial charge in [0, 0.05) is 24.4 Å². The number of aryl methyl sites for hydroxylation is 1. The second kappa shape index (κ2) is 10.4. The molecule has 0 bridgehead atoms. The van der Waals surface area contributed by atoms with Crippen LogP contribution in [-0.4, -0.2) is 11.1 Å². The molecule has 0 atom stereocenters. The number of ether oxygens (including phenoxy) is 1. The minimum Gasteiger partial charge on any atom is -0.433 e. The quantitative estimate of drug-likeness (QED) is 0.441. The van der Waals surface area contributed by atoms with Gasteiger partial charge in [0.15, 0.2) is 0 Å². The van der Waals surface area contributed by atoms with Crippen LogP contribution >= 0.6 is 0 Å². The van der Waals surface area contributed by atoms with E-state index in [4.69, 9.17) is 0 Å². The maximum atomic E-state index is 13.0. The van der Waals surface area contributed by atoms with Gasteiger partial charge in [0.2, 0.25) is 0 Å². The summed E-state index contributed by atoms with van der Waals surface area (Å²) >= 11 is 0. The summed E-state index contributed by atoms with van der Waals surface area (Å²) in [6.07, 6.45) is 5.18. The molecular weight excluding hydrogens is 370 g/mol. The number of nitrogens with one attached hydrogen (secondary N) is 1. The molecule has 29 heavy (non-hydrogen) atoms. The molecule has 0 unspecified atom stereocenters. The van der Waals surface area contributed by atoms with E-state index in [2.05, 4.69) is 48.8 Å². The van der Waals surface area contributed by atoms with Gasteiger partial charge in [-0.2, -0.15) is 8.78 Å². The molecular formula is C24H32F2N2O. The second-order valence-corrected chi connectivity index (χ2v) is 7.37. The highest BCUT2D eigenvalue weighted by Crippen LogP contribution is 2.36. The van der Waals surface area contributed by atoms with E-state index in [1.54, 1.807) is 18.3 Å². The third-order valence-corrected chi connectivity index (χ3v) is 4.94. The molecule has 0 aliphatic carbocycles. The smallest absolute Gasteiger partial charge is 0.394 e. The monoisotopic (exact) mass is 402 g/mol. The first-order valence-corrected chi connectivity index (χ1v) is 10.4. The molecule has 1 aromatic heterocycles. The van der Waals surface area contributed by atoms with Crippen LogP contribution < -0.4 is 10.1 Å². The van der Waals surface area contributed by atoms with Crippen molar-refractivity contribution in [1.29, 1.82) is 0 Å². The number of pyridine rings is 1. The van der Waals surface area contributed by atoms with E-state index >= 15 is 0 Å². The van der Waals surface area contributed by atoms with Crippen molar-refractivity contribution >= 4 is 17.1 Å². The van der Waals surface area contributed by atoms with Crippen LogP contribution in [-0.2, 0) is 0 Å². The Bertz CT molecular complexity index is 807. The third-order valence-electron chi connectivity index (χ3n) is 4.94. The van der Waals surface area contributed by atoms with Crippen LogP contribution in [0.3, 0.4) is 0 Å². The molecule has 0 saturated carbocycles. The number of aromatic nitrogens is 1. The highest BCUT2D eigenvalue weighted by atomic mass is 19.3. The van der Waals surface area contributed by atoms with Crippen LogP contribution in [0.15, 0.2) is 42.6 Å². The number of nitrogens with zero attached hydrogens (tertiary/aromatic N) is 1. The van der Waals surface area contributed by atoms with E-state index in [9.17, 15) is 8.78 Å². The number of alkyl halides is 2. The van der Waals surface area contributed by atoms with Crippen molar-refractivity contribution in [3.63, 3.8) is 0 Å². The summed E-state index contributed by atoms with van der Waals surface area (Å²) in [4.78, 5) is 4.59. The van der Waals surface area contributed by atoms with Crippen LogP contribution in [0.4, 0.5) is 20.3 Å². The lowest BCUT2D eigenvalue weighted by molar-refractivity contribution is -0.158. The zero-order valence-electron chi connectivity index (χ0n) is 18.1. The molecule has 1 N–H and O–H groups in total. The van der Waals surface area contributed by atoms with Crippen molar-refractivity contribution in [1.82, 2.24) is 4.98 Å². The number of rotatable bonds is 10. The van der Waals surface area contributed by atoms with Gasteiger partial charge in [0.1, 0.15) is 11.6 Å². The van der Waals surface area contributed by atoms with Crippen LogP contribution in [0.1, 0.15) is 64.5 Å². The minimum absolute atomic E-state index is 0.126. The summed E-state index contributed by atoms with van der Waals surface area (Å²) in [7, 11) is 0. The average molecular weight is 403 g/mol. The van der Waals surface area contributed by atoms with Gasteiger partial charge in [-0.1, -0.05) is 33.3 Å². The fraction of sp³-hybridized carbons (Fsp3) is 0.458. The maximum absolute atomic E-state index is 13.0. The van der Waals surface area contributed by atoms with Crippen molar-refractivity contribution in [2.75, 3.05) is 5.32 Å². The lowest BCUT2D eigenvalue weighted by atomic mass is 9.85. The summed E-state index contributed by atoms with van der Waals surface area (Å²) in [6.45, 7) is 9.44. The standard InChI is InChI=1S/C24H32F2N2O/c1-6-9-10-21(18(7-2)8-3)22-17(4)15-16-27-23(22)28-19-11-13-20(14-12-19)29-24(5,25)26/h10-16,18H,6-9H2,1-5H3,(H,27,28)/b21-10-. The first-order chi connectivity index (χ1) is 13.8. The van der Waals surface area contributed by atoms with E-state index in [1.807, 2.05) is 6.07 Å². The molecule has 5 heteroatoms. The predicted molar refractivity (Wildman–Crippen MR) is 117 cm³/mol. The number of hydrogen-bond donors (Lipinski definition) is 1. The van der Waals surface area contributed by atoms with Crippen LogP contribution in [0.25, 0.3) is 5.57 Å². The van der Waals surface area contributed by atoms with Gasteiger partial charge < -0.3 is 10.1 Å². The normalized spacial score (nSPS) is 12.3. The molecule has 1 heterocycles. The Balaban J connectivity index is 2.38. The fourth-order valence-corrected chi connectivity index (χ4v) is 3.47. The Morgan fingerprint density at radius 1 is 1.14 bits per heavy atom. The van der Waals surface area contributed by atoms with Gasteiger partial charge in [-0.15, -0.1) is 0 Å². The zero-order chi connectivity index (χ0) is 21.4. The number of unbranched alkanes of at least 4 members (excludes halogenated alkanes) is 1. The van der Waals surface area contributed by atoms with E-state index in [0.29, 0.717) is 5.92 Å². The number of anilines is 2. The second-order valence-electron chi connectivity index (χ2n) is 7.37. The molecule has 0 spiro atoms. The molecule has 0 radical (unpaired) electrons. The number of halogens is 2. The molecule has 0 aliphatic rings. The average Bonchev–Trinajstić information content (AvgIpc) is 2.66. The van der Waals surface area contributed by atoms with Crippen molar-refractivity contribution in [2.24, 2.45) is 5.92 Å². The Labute approximate surface area is 173 Å². The molecule has 0 aliphatic heterocycles. The summed E-state index contributed by atoms with van der Waals surface area (Å²) in [6, 6.07) is 8.54. The van der Waals surface area contributed by atoms with E-state index in [0.717, 1.165) is 49.7 Å². The molecule has 0 amide bonds. The van der Waals surface area contributed by atoms with Gasteiger partial charge in [-0.05, 0) is 73.6 Å². The van der Waals surface area contributed by atoms with Crippen molar-refractivity contribution in [2.45, 2.75) is 66.4 Å².